The summed E-state index contributed by atoms with van der Waals surface area (Å²) in [6.07, 6.45) is 1.11. The maximum Gasteiger partial charge on any atom is 0.0941 e. The highest BCUT2D eigenvalue weighted by molar-refractivity contribution is 5.13. The van der Waals surface area contributed by atoms with E-state index < -0.39 is 0 Å². The van der Waals surface area contributed by atoms with Gasteiger partial charge in [-0.25, -0.2) is 0 Å². The molecule has 1 unspecified atom stereocenters. The molecule has 5 heteroatoms. The van der Waals surface area contributed by atoms with Crippen molar-refractivity contribution < 1.29 is 9.47 Å². The number of ether oxygens (including phenoxy) is 2. The molecule has 0 saturated carbocycles. The van der Waals surface area contributed by atoms with Crippen molar-refractivity contribution in [1.82, 2.24) is 9.80 Å². The second-order valence-electron chi connectivity index (χ2n) is 6.02. The Hall–Kier alpha value is -0.980. The maximum atomic E-state index is 5.78. The van der Waals surface area contributed by atoms with Gasteiger partial charge in [-0.3, -0.25) is 9.80 Å². The Morgan fingerprint density at radius 2 is 1.83 bits per heavy atom. The number of hydrogen-bond acceptors (Lipinski definition) is 5. The van der Waals surface area contributed by atoms with E-state index in [2.05, 4.69) is 41.0 Å². The predicted molar refractivity (Wildman–Crippen MR) is 93.2 cm³/mol. The van der Waals surface area contributed by atoms with Gasteiger partial charge in [-0.15, -0.1) is 0 Å². The Labute approximate surface area is 140 Å². The lowest BCUT2D eigenvalue weighted by Crippen LogP contribution is -2.52. The number of rotatable bonds is 10. The molecule has 1 aromatic rings. The summed E-state index contributed by atoms with van der Waals surface area (Å²) in [5, 5.41) is 0. The number of benzene rings is 1. The van der Waals surface area contributed by atoms with Crippen LogP contribution in [0.5, 0.6) is 0 Å². The number of nitrogens with zero attached hydrogens (tertiary/aromatic N) is 2. The standard InChI is InChI=1S/C18H31N3O2/c1-2-18(15-23-16-19)21-10-8-20(9-11-21)12-13-22-14-17-6-4-3-5-7-17/h3-7,18H,2,8-16,19H2,1H3. The van der Waals surface area contributed by atoms with Crippen molar-refractivity contribution in [3.8, 4) is 0 Å². The zero-order valence-corrected chi connectivity index (χ0v) is 14.3. The molecule has 0 bridgehead atoms. The molecule has 130 valence electrons. The molecule has 2 N–H and O–H groups in total. The molecule has 0 aromatic heterocycles. The lowest BCUT2D eigenvalue weighted by molar-refractivity contribution is 0.0219. The first-order chi connectivity index (χ1) is 11.3. The molecule has 1 aliphatic rings. The van der Waals surface area contributed by atoms with Crippen molar-refractivity contribution in [3.05, 3.63) is 35.9 Å². The largest absolute Gasteiger partial charge is 0.375 e. The Bertz CT molecular complexity index is 408. The van der Waals surface area contributed by atoms with Crippen molar-refractivity contribution in [2.75, 3.05) is 52.7 Å². The summed E-state index contributed by atoms with van der Waals surface area (Å²) < 4.78 is 11.2. The topological polar surface area (TPSA) is 51.0 Å². The quantitative estimate of drug-likeness (QED) is 0.523. The molecule has 1 aliphatic heterocycles. The van der Waals surface area contributed by atoms with E-state index in [9.17, 15) is 0 Å². The normalized spacial score (nSPS) is 18.2. The van der Waals surface area contributed by atoms with E-state index in [0.29, 0.717) is 19.4 Å². The molecule has 1 fully saturated rings. The van der Waals surface area contributed by atoms with Gasteiger partial charge in [0.05, 0.1) is 26.6 Å². The summed E-state index contributed by atoms with van der Waals surface area (Å²) in [6.45, 7) is 10.2. The maximum absolute atomic E-state index is 5.78. The molecule has 1 heterocycles. The van der Waals surface area contributed by atoms with Crippen LogP contribution in [0, 0.1) is 0 Å². The molecule has 1 saturated heterocycles. The minimum Gasteiger partial charge on any atom is -0.375 e. The van der Waals surface area contributed by atoms with Gasteiger partial charge in [-0.1, -0.05) is 37.3 Å². The fourth-order valence-corrected chi connectivity index (χ4v) is 3.00. The van der Waals surface area contributed by atoms with Gasteiger partial charge in [0.2, 0.25) is 0 Å². The van der Waals surface area contributed by atoms with Crippen LogP contribution in [0.15, 0.2) is 30.3 Å². The Kier molecular flexibility index (Phi) is 8.57. The van der Waals surface area contributed by atoms with Gasteiger partial charge >= 0.3 is 0 Å². The molecule has 0 spiro atoms. The van der Waals surface area contributed by atoms with E-state index in [1.165, 1.54) is 5.56 Å². The van der Waals surface area contributed by atoms with E-state index >= 15 is 0 Å². The van der Waals surface area contributed by atoms with Crippen LogP contribution >= 0.6 is 0 Å². The molecule has 5 nitrogen and oxygen atoms in total. The summed E-state index contributed by atoms with van der Waals surface area (Å²) in [7, 11) is 0. The smallest absolute Gasteiger partial charge is 0.0941 e. The molecule has 0 amide bonds. The van der Waals surface area contributed by atoms with Crippen molar-refractivity contribution >= 4 is 0 Å². The lowest BCUT2D eigenvalue weighted by atomic mass is 10.1. The third kappa shape index (κ3) is 6.57. The Balaban J connectivity index is 1.59. The van der Waals surface area contributed by atoms with Crippen LogP contribution in [-0.2, 0) is 16.1 Å². The minimum absolute atomic E-state index is 0.315. The average Bonchev–Trinajstić information content (AvgIpc) is 2.61. The summed E-state index contributed by atoms with van der Waals surface area (Å²) in [4.78, 5) is 5.01. The highest BCUT2D eigenvalue weighted by Gasteiger charge is 2.22. The van der Waals surface area contributed by atoms with Gasteiger partial charge in [0.1, 0.15) is 0 Å². The zero-order valence-electron chi connectivity index (χ0n) is 14.3. The van der Waals surface area contributed by atoms with E-state index in [-0.39, 0.29) is 0 Å². The number of piperazine rings is 1. The summed E-state index contributed by atoms with van der Waals surface area (Å²) in [5.74, 6) is 0. The number of nitrogens with two attached hydrogens (primary N) is 1. The van der Waals surface area contributed by atoms with Crippen molar-refractivity contribution in [1.29, 1.82) is 0 Å². The van der Waals surface area contributed by atoms with Gasteiger partial charge in [0, 0.05) is 38.8 Å². The number of hydrogen-bond donors (Lipinski definition) is 1. The molecule has 0 aliphatic carbocycles. The van der Waals surface area contributed by atoms with E-state index in [0.717, 1.165) is 52.4 Å². The fourth-order valence-electron chi connectivity index (χ4n) is 3.00. The molecular formula is C18H31N3O2. The molecular weight excluding hydrogens is 290 g/mol. The van der Waals surface area contributed by atoms with Crippen molar-refractivity contribution in [2.45, 2.75) is 26.0 Å². The van der Waals surface area contributed by atoms with E-state index in [1.54, 1.807) is 0 Å². The first-order valence-electron chi connectivity index (χ1n) is 8.69. The van der Waals surface area contributed by atoms with Crippen LogP contribution in [0.3, 0.4) is 0 Å². The fraction of sp³-hybridized carbons (Fsp3) is 0.667. The van der Waals surface area contributed by atoms with E-state index in [1.807, 2.05) is 6.07 Å². The molecule has 23 heavy (non-hydrogen) atoms. The molecule has 0 radical (unpaired) electrons. The van der Waals surface area contributed by atoms with Crippen LogP contribution in [0.4, 0.5) is 0 Å². The second kappa shape index (κ2) is 10.7. The summed E-state index contributed by atoms with van der Waals surface area (Å²) in [5.41, 5.74) is 6.67. The van der Waals surface area contributed by atoms with Crippen LogP contribution in [0.25, 0.3) is 0 Å². The summed E-state index contributed by atoms with van der Waals surface area (Å²) in [6, 6.07) is 10.8. The molecule has 1 aromatic carbocycles. The predicted octanol–water partition coefficient (Wildman–Crippen LogP) is 1.53. The van der Waals surface area contributed by atoms with Crippen LogP contribution in [0.2, 0.25) is 0 Å². The first kappa shape index (κ1) is 18.4. The van der Waals surface area contributed by atoms with Gasteiger partial charge in [-0.2, -0.15) is 0 Å². The third-order valence-corrected chi connectivity index (χ3v) is 4.49. The lowest BCUT2D eigenvalue weighted by Gasteiger charge is -2.38. The highest BCUT2D eigenvalue weighted by atomic mass is 16.5. The second-order valence-corrected chi connectivity index (χ2v) is 6.02. The minimum atomic E-state index is 0.315. The van der Waals surface area contributed by atoms with Crippen LogP contribution in [0.1, 0.15) is 18.9 Å². The van der Waals surface area contributed by atoms with Gasteiger partial charge < -0.3 is 15.2 Å². The molecule has 1 atom stereocenters. The molecule has 2 rings (SSSR count). The van der Waals surface area contributed by atoms with Gasteiger partial charge in [0.25, 0.3) is 0 Å². The first-order valence-corrected chi connectivity index (χ1v) is 8.69. The van der Waals surface area contributed by atoms with E-state index in [4.69, 9.17) is 15.2 Å². The SMILES string of the molecule is CCC(COCN)N1CCN(CCOCc2ccccc2)CC1. The zero-order chi connectivity index (χ0) is 16.3. The van der Waals surface area contributed by atoms with Gasteiger partial charge in [0.15, 0.2) is 0 Å². The van der Waals surface area contributed by atoms with Crippen molar-refractivity contribution in [2.24, 2.45) is 5.73 Å². The Morgan fingerprint density at radius 1 is 1.09 bits per heavy atom. The summed E-state index contributed by atoms with van der Waals surface area (Å²) >= 11 is 0. The van der Waals surface area contributed by atoms with Crippen LogP contribution < -0.4 is 5.73 Å². The highest BCUT2D eigenvalue weighted by Crippen LogP contribution is 2.10. The van der Waals surface area contributed by atoms with Crippen LogP contribution in [-0.4, -0.2) is 68.5 Å². The van der Waals surface area contributed by atoms with Crippen molar-refractivity contribution in [3.63, 3.8) is 0 Å². The average molecular weight is 321 g/mol. The van der Waals surface area contributed by atoms with Gasteiger partial charge in [-0.05, 0) is 12.0 Å². The Morgan fingerprint density at radius 3 is 2.48 bits per heavy atom. The monoisotopic (exact) mass is 321 g/mol. The third-order valence-electron chi connectivity index (χ3n) is 4.49.